The zero-order valence-electron chi connectivity index (χ0n) is 15.0. The van der Waals surface area contributed by atoms with Crippen LogP contribution in [-0.4, -0.2) is 37.4 Å². The second-order valence-corrected chi connectivity index (χ2v) is 6.10. The number of hydrazine groups is 1. The Bertz CT molecular complexity index is 641. The van der Waals surface area contributed by atoms with Gasteiger partial charge in [-0.2, -0.15) is 0 Å². The van der Waals surface area contributed by atoms with Crippen molar-refractivity contribution in [2.24, 2.45) is 5.84 Å². The molecule has 1 aromatic carbocycles. The zero-order chi connectivity index (χ0) is 17.9. The Kier molecular flexibility index (Phi) is 7.42. The van der Waals surface area contributed by atoms with Crippen molar-refractivity contribution < 1.29 is 19.3 Å². The van der Waals surface area contributed by atoms with Crippen molar-refractivity contribution in [2.75, 3.05) is 20.8 Å². The summed E-state index contributed by atoms with van der Waals surface area (Å²) in [6.45, 7) is 4.41. The summed E-state index contributed by atoms with van der Waals surface area (Å²) in [5, 5.41) is 20.6. The highest BCUT2D eigenvalue weighted by Crippen LogP contribution is 2.52. The van der Waals surface area contributed by atoms with Gasteiger partial charge >= 0.3 is 0 Å². The third-order valence-electron chi connectivity index (χ3n) is 4.47. The molecule has 1 aromatic rings. The summed E-state index contributed by atoms with van der Waals surface area (Å²) in [6.07, 6.45) is 2.24. The van der Waals surface area contributed by atoms with E-state index in [9.17, 15) is 5.11 Å². The number of nitrogens with one attached hydrogen (secondary N) is 3. The highest BCUT2D eigenvalue weighted by molar-refractivity contribution is 14.0. The Morgan fingerprint density at radius 3 is 2.56 bits per heavy atom. The SMILES string of the molecule is COc1c(O)c(C)c2c(c1OC)OC(C)(CCNC(=N)NN)CC2.I. The van der Waals surface area contributed by atoms with E-state index in [0.717, 1.165) is 24.0 Å². The van der Waals surface area contributed by atoms with Gasteiger partial charge in [0.15, 0.2) is 11.5 Å². The maximum Gasteiger partial charge on any atom is 0.207 e. The molecule has 0 radical (unpaired) electrons. The molecule has 1 aliphatic rings. The second-order valence-electron chi connectivity index (χ2n) is 6.10. The molecule has 0 fully saturated rings. The van der Waals surface area contributed by atoms with E-state index >= 15 is 0 Å². The summed E-state index contributed by atoms with van der Waals surface area (Å²) in [7, 11) is 3.01. The van der Waals surface area contributed by atoms with Crippen LogP contribution in [0.2, 0.25) is 0 Å². The first-order valence-corrected chi connectivity index (χ1v) is 7.81. The number of aromatic hydroxyl groups is 1. The van der Waals surface area contributed by atoms with Gasteiger partial charge < -0.3 is 24.6 Å². The predicted molar refractivity (Wildman–Crippen MR) is 106 cm³/mol. The van der Waals surface area contributed by atoms with Crippen LogP contribution in [0.25, 0.3) is 0 Å². The van der Waals surface area contributed by atoms with Gasteiger partial charge in [-0.1, -0.05) is 0 Å². The molecule has 0 bridgehead atoms. The minimum absolute atomic E-state index is 0. The molecular weight excluding hydrogens is 439 g/mol. The molecule has 0 aliphatic carbocycles. The number of benzene rings is 1. The lowest BCUT2D eigenvalue weighted by Crippen LogP contribution is -2.44. The van der Waals surface area contributed by atoms with Gasteiger partial charge in [0.25, 0.3) is 0 Å². The maximum absolute atomic E-state index is 10.3. The van der Waals surface area contributed by atoms with Crippen LogP contribution in [-0.2, 0) is 6.42 Å². The lowest BCUT2D eigenvalue weighted by molar-refractivity contribution is 0.0531. The first-order chi connectivity index (χ1) is 11.4. The normalized spacial score (nSPS) is 18.3. The first kappa shape index (κ1) is 21.4. The van der Waals surface area contributed by atoms with Crippen molar-refractivity contribution >= 4 is 29.9 Å². The number of guanidine groups is 1. The van der Waals surface area contributed by atoms with E-state index in [1.54, 1.807) is 0 Å². The van der Waals surface area contributed by atoms with Gasteiger partial charge in [-0.05, 0) is 26.7 Å². The molecule has 0 saturated carbocycles. The third-order valence-corrected chi connectivity index (χ3v) is 4.47. The molecule has 0 saturated heterocycles. The number of hydrogen-bond acceptors (Lipinski definition) is 6. The van der Waals surface area contributed by atoms with Gasteiger partial charge in [-0.3, -0.25) is 10.8 Å². The van der Waals surface area contributed by atoms with Crippen molar-refractivity contribution in [1.29, 1.82) is 5.41 Å². The number of methoxy groups -OCH3 is 2. The summed E-state index contributed by atoms with van der Waals surface area (Å²) in [5.41, 5.74) is 3.51. The number of fused-ring (bicyclic) bond motifs is 1. The standard InChI is InChI=1S/C16H26N4O4.HI/c1-9-10-5-6-16(2,7-8-19-15(17)20-18)24-12(10)14(23-4)13(22-3)11(9)21;/h21H,5-8,18H2,1-4H3,(H3,17,19,20);1H. The lowest BCUT2D eigenvalue weighted by Gasteiger charge is -2.37. The fraction of sp³-hybridized carbons (Fsp3) is 0.562. The highest BCUT2D eigenvalue weighted by atomic mass is 127. The number of phenolic OH excluding ortho intramolecular Hbond substituents is 1. The summed E-state index contributed by atoms with van der Waals surface area (Å²) >= 11 is 0. The van der Waals surface area contributed by atoms with Crippen molar-refractivity contribution in [3.8, 4) is 23.0 Å². The van der Waals surface area contributed by atoms with E-state index in [0.29, 0.717) is 24.5 Å². The molecule has 142 valence electrons. The molecule has 0 amide bonds. The average molecular weight is 466 g/mol. The average Bonchev–Trinajstić information content (AvgIpc) is 2.57. The van der Waals surface area contributed by atoms with Crippen LogP contribution in [0.3, 0.4) is 0 Å². The summed E-state index contributed by atoms with van der Waals surface area (Å²) in [5.74, 6) is 6.62. The minimum atomic E-state index is -0.420. The molecule has 25 heavy (non-hydrogen) atoms. The van der Waals surface area contributed by atoms with Gasteiger partial charge in [0.2, 0.25) is 17.5 Å². The van der Waals surface area contributed by atoms with Crippen molar-refractivity contribution in [3.05, 3.63) is 11.1 Å². The van der Waals surface area contributed by atoms with Crippen LogP contribution in [0.4, 0.5) is 0 Å². The molecule has 1 unspecified atom stereocenters. The quantitative estimate of drug-likeness (QED) is 0.148. The fourth-order valence-corrected chi connectivity index (χ4v) is 2.98. The molecular formula is C16H27IN4O4. The number of ether oxygens (including phenoxy) is 3. The highest BCUT2D eigenvalue weighted by Gasteiger charge is 2.36. The van der Waals surface area contributed by atoms with E-state index in [1.807, 2.05) is 13.8 Å². The largest absolute Gasteiger partial charge is 0.504 e. The van der Waals surface area contributed by atoms with E-state index < -0.39 is 5.60 Å². The number of halogens is 1. The molecule has 8 nitrogen and oxygen atoms in total. The third kappa shape index (κ3) is 4.32. The molecule has 1 atom stereocenters. The topological polar surface area (TPSA) is 122 Å². The summed E-state index contributed by atoms with van der Waals surface area (Å²) < 4.78 is 17.0. The Balaban J connectivity index is 0.00000312. The van der Waals surface area contributed by atoms with Crippen LogP contribution < -0.4 is 30.8 Å². The number of hydrogen-bond donors (Lipinski definition) is 5. The number of rotatable bonds is 5. The van der Waals surface area contributed by atoms with Gasteiger partial charge in [0, 0.05) is 24.1 Å². The smallest absolute Gasteiger partial charge is 0.207 e. The Hall–Kier alpha value is -1.62. The van der Waals surface area contributed by atoms with Crippen molar-refractivity contribution in [3.63, 3.8) is 0 Å². The van der Waals surface area contributed by atoms with E-state index in [-0.39, 0.29) is 41.4 Å². The van der Waals surface area contributed by atoms with E-state index in [4.69, 9.17) is 25.5 Å². The van der Waals surface area contributed by atoms with E-state index in [1.165, 1.54) is 14.2 Å². The van der Waals surface area contributed by atoms with E-state index in [2.05, 4.69) is 10.7 Å². The molecule has 1 heterocycles. The molecule has 1 aliphatic heterocycles. The van der Waals surface area contributed by atoms with Crippen LogP contribution >= 0.6 is 24.0 Å². The van der Waals surface area contributed by atoms with Crippen LogP contribution in [0.5, 0.6) is 23.0 Å². The molecule has 0 spiro atoms. The Labute approximate surface area is 164 Å². The maximum atomic E-state index is 10.3. The van der Waals surface area contributed by atoms with Gasteiger partial charge in [0.1, 0.15) is 5.60 Å². The van der Waals surface area contributed by atoms with Gasteiger partial charge in [0.05, 0.1) is 14.2 Å². The summed E-state index contributed by atoms with van der Waals surface area (Å²) in [6, 6.07) is 0. The van der Waals surface area contributed by atoms with Crippen LogP contribution in [0.1, 0.15) is 30.9 Å². The molecule has 0 aromatic heterocycles. The Morgan fingerprint density at radius 2 is 2.00 bits per heavy atom. The van der Waals surface area contributed by atoms with Gasteiger partial charge in [-0.25, -0.2) is 5.84 Å². The van der Waals surface area contributed by atoms with Gasteiger partial charge in [-0.15, -0.1) is 24.0 Å². The number of nitrogens with two attached hydrogens (primary N) is 1. The van der Waals surface area contributed by atoms with Crippen molar-refractivity contribution in [1.82, 2.24) is 10.7 Å². The predicted octanol–water partition coefficient (Wildman–Crippen LogP) is 1.80. The minimum Gasteiger partial charge on any atom is -0.504 e. The molecule has 6 N–H and O–H groups in total. The Morgan fingerprint density at radius 1 is 1.36 bits per heavy atom. The lowest BCUT2D eigenvalue weighted by atomic mass is 9.87. The van der Waals surface area contributed by atoms with Crippen LogP contribution in [0, 0.1) is 12.3 Å². The fourth-order valence-electron chi connectivity index (χ4n) is 2.98. The molecule has 9 heteroatoms. The van der Waals surface area contributed by atoms with Crippen molar-refractivity contribution in [2.45, 2.75) is 38.7 Å². The zero-order valence-corrected chi connectivity index (χ0v) is 17.3. The van der Waals surface area contributed by atoms with Crippen LogP contribution in [0.15, 0.2) is 0 Å². The second kappa shape index (κ2) is 8.65. The summed E-state index contributed by atoms with van der Waals surface area (Å²) in [4.78, 5) is 0. The monoisotopic (exact) mass is 466 g/mol. The molecule has 2 rings (SSSR count). The first-order valence-electron chi connectivity index (χ1n) is 7.81. The number of phenols is 1.